The van der Waals surface area contributed by atoms with Gasteiger partial charge in [0.25, 0.3) is 5.91 Å². The lowest BCUT2D eigenvalue weighted by Gasteiger charge is -2.29. The molecule has 6 rings (SSSR count). The molecule has 0 saturated heterocycles. The van der Waals surface area contributed by atoms with Crippen LogP contribution in [0.25, 0.3) is 16.8 Å². The maximum atomic E-state index is 13.8. The lowest BCUT2D eigenvalue weighted by Crippen LogP contribution is -2.34. The lowest BCUT2D eigenvalue weighted by molar-refractivity contribution is -0.135. The number of nitrogens with zero attached hydrogens (tertiary/aromatic N) is 2. The number of fused-ring (bicyclic) bond motifs is 2. The molecule has 0 bridgehead atoms. The number of amides is 1. The first kappa shape index (κ1) is 25.7. The van der Waals surface area contributed by atoms with Gasteiger partial charge in [-0.3, -0.25) is 4.79 Å². The fourth-order valence-electron chi connectivity index (χ4n) is 5.77. The summed E-state index contributed by atoms with van der Waals surface area (Å²) < 4.78 is 16.8. The summed E-state index contributed by atoms with van der Waals surface area (Å²) >= 11 is 0. The smallest absolute Gasteiger partial charge is 0.281 e. The molecule has 202 valence electrons. The van der Waals surface area contributed by atoms with E-state index in [0.717, 1.165) is 58.4 Å². The molecule has 1 aliphatic carbocycles. The summed E-state index contributed by atoms with van der Waals surface area (Å²) in [6, 6.07) is 29.7. The number of carbonyl (C=O) groups is 1. The number of allylic oxidation sites excluding steroid dienone is 1. The van der Waals surface area contributed by atoms with Crippen LogP contribution >= 0.6 is 0 Å². The molecule has 2 atom stereocenters. The molecule has 1 amide bonds. The van der Waals surface area contributed by atoms with Crippen molar-refractivity contribution < 1.29 is 19.0 Å². The first-order valence-corrected chi connectivity index (χ1v) is 13.6. The molecule has 1 aliphatic heterocycles. The Bertz CT molecular complexity index is 1570. The Hall–Kier alpha value is -4.58. The minimum absolute atomic E-state index is 0.0955. The Morgan fingerprint density at radius 1 is 0.900 bits per heavy atom. The molecule has 0 aromatic heterocycles. The number of rotatable bonds is 7. The molecule has 4 aromatic rings. The zero-order valence-corrected chi connectivity index (χ0v) is 22.7. The quantitative estimate of drug-likeness (QED) is 0.256. The number of ether oxygens (including phenoxy) is 3. The summed E-state index contributed by atoms with van der Waals surface area (Å²) in [6.45, 7) is -0.0955. The zero-order chi connectivity index (χ0) is 27.5. The van der Waals surface area contributed by atoms with Crippen LogP contribution in [0, 0.1) is 5.92 Å². The van der Waals surface area contributed by atoms with Crippen molar-refractivity contribution >= 4 is 28.5 Å². The van der Waals surface area contributed by atoms with Crippen molar-refractivity contribution in [2.24, 2.45) is 11.0 Å². The largest absolute Gasteiger partial charge is 0.497 e. The fourth-order valence-corrected chi connectivity index (χ4v) is 5.77. The highest BCUT2D eigenvalue weighted by Gasteiger charge is 2.43. The minimum atomic E-state index is -0.205. The maximum absolute atomic E-state index is 13.8. The Balaban J connectivity index is 1.32. The van der Waals surface area contributed by atoms with Gasteiger partial charge in [-0.2, -0.15) is 5.10 Å². The van der Waals surface area contributed by atoms with Crippen LogP contribution in [0.1, 0.15) is 36.4 Å². The van der Waals surface area contributed by atoms with E-state index in [2.05, 4.69) is 6.08 Å². The van der Waals surface area contributed by atoms with E-state index in [9.17, 15) is 4.79 Å². The normalized spacial score (nSPS) is 19.3. The molecular formula is C34H32N2O4. The number of methoxy groups -OCH3 is 2. The van der Waals surface area contributed by atoms with Crippen molar-refractivity contribution in [1.29, 1.82) is 0 Å². The molecular weight excluding hydrogens is 500 g/mol. The third-order valence-electron chi connectivity index (χ3n) is 7.77. The van der Waals surface area contributed by atoms with Crippen molar-refractivity contribution in [1.82, 2.24) is 5.01 Å². The first-order valence-electron chi connectivity index (χ1n) is 13.6. The van der Waals surface area contributed by atoms with Gasteiger partial charge < -0.3 is 14.2 Å². The van der Waals surface area contributed by atoms with Crippen LogP contribution in [0.3, 0.4) is 0 Å². The summed E-state index contributed by atoms with van der Waals surface area (Å²) in [5.41, 5.74) is 4.28. The molecule has 0 N–H and O–H groups in total. The third-order valence-corrected chi connectivity index (χ3v) is 7.77. The Morgan fingerprint density at radius 3 is 2.35 bits per heavy atom. The van der Waals surface area contributed by atoms with Crippen LogP contribution in [-0.2, 0) is 4.79 Å². The first-order chi connectivity index (χ1) is 19.6. The summed E-state index contributed by atoms with van der Waals surface area (Å²) in [5.74, 6) is 2.23. The van der Waals surface area contributed by atoms with Crippen LogP contribution in [-0.4, -0.2) is 37.5 Å². The van der Waals surface area contributed by atoms with Gasteiger partial charge in [0.05, 0.1) is 26.0 Å². The monoisotopic (exact) mass is 532 g/mol. The highest BCUT2D eigenvalue weighted by Crippen LogP contribution is 2.44. The molecule has 2 unspecified atom stereocenters. The van der Waals surface area contributed by atoms with Gasteiger partial charge in [0.15, 0.2) is 6.61 Å². The van der Waals surface area contributed by atoms with Crippen LogP contribution in [0.2, 0.25) is 0 Å². The highest BCUT2D eigenvalue weighted by molar-refractivity contribution is 6.08. The molecule has 0 spiro atoms. The van der Waals surface area contributed by atoms with Gasteiger partial charge in [-0.1, -0.05) is 60.7 Å². The second-order valence-corrected chi connectivity index (χ2v) is 10.1. The number of hydrogen-bond donors (Lipinski definition) is 0. The highest BCUT2D eigenvalue weighted by atomic mass is 16.5. The van der Waals surface area contributed by atoms with E-state index in [1.165, 1.54) is 5.57 Å². The van der Waals surface area contributed by atoms with E-state index >= 15 is 0 Å². The standard InChI is InChI=1S/C34H32N2O4/c1-38-27-17-13-23(14-18-27)21-26-9-5-11-30-33(26)35-36(34(30)25-15-19-28(39-2)20-16-25)32(37)22-40-31-12-6-8-24-7-3-4-10-29(24)31/h3-4,6-8,10,12-21,30,34H,5,9,11,22H2,1-2H3/b26-21-. The molecule has 1 heterocycles. The lowest BCUT2D eigenvalue weighted by atomic mass is 9.77. The van der Waals surface area contributed by atoms with Gasteiger partial charge in [0.1, 0.15) is 17.2 Å². The van der Waals surface area contributed by atoms with E-state index < -0.39 is 0 Å². The molecule has 1 saturated carbocycles. The van der Waals surface area contributed by atoms with Gasteiger partial charge in [0.2, 0.25) is 0 Å². The van der Waals surface area contributed by atoms with Crippen molar-refractivity contribution in [3.63, 3.8) is 0 Å². The Labute approximate surface area is 234 Å². The second-order valence-electron chi connectivity index (χ2n) is 10.1. The van der Waals surface area contributed by atoms with Crippen molar-refractivity contribution in [3.8, 4) is 17.2 Å². The van der Waals surface area contributed by atoms with Gasteiger partial charge in [-0.15, -0.1) is 0 Å². The van der Waals surface area contributed by atoms with E-state index in [1.807, 2.05) is 91.0 Å². The number of hydrogen-bond acceptors (Lipinski definition) is 5. The predicted octanol–water partition coefficient (Wildman–Crippen LogP) is 7.06. The average molecular weight is 533 g/mol. The summed E-state index contributed by atoms with van der Waals surface area (Å²) in [6.07, 6.45) is 5.11. The van der Waals surface area contributed by atoms with Crippen molar-refractivity contribution in [3.05, 3.63) is 108 Å². The van der Waals surface area contributed by atoms with Crippen LogP contribution < -0.4 is 14.2 Å². The van der Waals surface area contributed by atoms with Crippen LogP contribution in [0.15, 0.2) is 102 Å². The zero-order valence-electron chi connectivity index (χ0n) is 22.7. The SMILES string of the molecule is COc1ccc(/C=C2/CCCC3C2=NN(C(=O)COc2cccc4ccccc24)C3c2ccc(OC)cc2)cc1. The number of benzene rings is 4. The van der Waals surface area contributed by atoms with Crippen LogP contribution in [0.4, 0.5) is 0 Å². The molecule has 6 heteroatoms. The molecule has 1 fully saturated rings. The summed E-state index contributed by atoms with van der Waals surface area (Å²) in [4.78, 5) is 13.8. The Morgan fingerprint density at radius 2 is 1.60 bits per heavy atom. The molecule has 4 aromatic carbocycles. The average Bonchev–Trinajstić information content (AvgIpc) is 3.41. The summed E-state index contributed by atoms with van der Waals surface area (Å²) in [5, 5.41) is 8.70. The van der Waals surface area contributed by atoms with Gasteiger partial charge in [-0.25, -0.2) is 5.01 Å². The molecule has 0 radical (unpaired) electrons. The van der Waals surface area contributed by atoms with E-state index in [4.69, 9.17) is 19.3 Å². The minimum Gasteiger partial charge on any atom is -0.497 e. The second kappa shape index (κ2) is 11.3. The Kier molecular flexibility index (Phi) is 7.23. The van der Waals surface area contributed by atoms with Crippen molar-refractivity contribution in [2.45, 2.75) is 25.3 Å². The number of carbonyl (C=O) groups excluding carboxylic acids is 1. The molecule has 40 heavy (non-hydrogen) atoms. The third kappa shape index (κ3) is 5.05. The summed E-state index contributed by atoms with van der Waals surface area (Å²) in [7, 11) is 3.32. The fraction of sp³-hybridized carbons (Fsp3) is 0.235. The van der Waals surface area contributed by atoms with E-state index in [1.54, 1.807) is 19.2 Å². The maximum Gasteiger partial charge on any atom is 0.281 e. The van der Waals surface area contributed by atoms with Gasteiger partial charge >= 0.3 is 0 Å². The molecule has 6 nitrogen and oxygen atoms in total. The topological polar surface area (TPSA) is 60.4 Å². The van der Waals surface area contributed by atoms with Crippen molar-refractivity contribution in [2.75, 3.05) is 20.8 Å². The molecule has 2 aliphatic rings. The number of hydrazone groups is 1. The van der Waals surface area contributed by atoms with E-state index in [-0.39, 0.29) is 24.5 Å². The predicted molar refractivity (Wildman–Crippen MR) is 158 cm³/mol. The van der Waals surface area contributed by atoms with Crippen LogP contribution in [0.5, 0.6) is 17.2 Å². The van der Waals surface area contributed by atoms with E-state index in [0.29, 0.717) is 5.75 Å². The van der Waals surface area contributed by atoms with Gasteiger partial charge in [0, 0.05) is 11.3 Å². The van der Waals surface area contributed by atoms with Gasteiger partial charge in [-0.05, 0) is 77.8 Å².